The second-order valence-corrected chi connectivity index (χ2v) is 5.06. The van der Waals surface area contributed by atoms with Crippen molar-refractivity contribution in [3.63, 3.8) is 0 Å². The molecule has 0 aliphatic heterocycles. The molecule has 0 fully saturated rings. The van der Waals surface area contributed by atoms with Crippen molar-refractivity contribution in [2.75, 3.05) is 6.54 Å². The maximum Gasteiger partial charge on any atom is 0.144 e. The van der Waals surface area contributed by atoms with Gasteiger partial charge in [-0.05, 0) is 42.9 Å². The highest BCUT2D eigenvalue weighted by Crippen LogP contribution is 2.24. The topological polar surface area (TPSA) is 29.3 Å². The summed E-state index contributed by atoms with van der Waals surface area (Å²) in [7, 11) is 0. The van der Waals surface area contributed by atoms with Crippen LogP contribution in [0.3, 0.4) is 0 Å². The van der Waals surface area contributed by atoms with Gasteiger partial charge in [-0.25, -0.2) is 4.98 Å². The van der Waals surface area contributed by atoms with E-state index in [4.69, 9.17) is 16.6 Å². The molecule has 0 atom stereocenters. The first-order chi connectivity index (χ1) is 9.79. The summed E-state index contributed by atoms with van der Waals surface area (Å²) in [6, 6.07) is 13.9. The lowest BCUT2D eigenvalue weighted by Gasteiger charge is -2.01. The monoisotopic (exact) mass is 285 g/mol. The zero-order valence-corrected chi connectivity index (χ0v) is 12.1. The summed E-state index contributed by atoms with van der Waals surface area (Å²) in [6.07, 6.45) is 2.04. The summed E-state index contributed by atoms with van der Waals surface area (Å²) in [5.74, 6) is 0.949. The van der Waals surface area contributed by atoms with Crippen LogP contribution in [0.15, 0.2) is 48.7 Å². The van der Waals surface area contributed by atoms with Crippen molar-refractivity contribution in [1.82, 2.24) is 14.7 Å². The van der Waals surface area contributed by atoms with Crippen molar-refractivity contribution in [3.8, 4) is 11.4 Å². The van der Waals surface area contributed by atoms with Gasteiger partial charge < -0.3 is 5.32 Å². The number of rotatable bonds is 4. The minimum absolute atomic E-state index is 0.738. The van der Waals surface area contributed by atoms with E-state index < -0.39 is 0 Å². The zero-order valence-electron chi connectivity index (χ0n) is 11.3. The molecule has 4 heteroatoms. The second-order valence-electron chi connectivity index (χ2n) is 4.63. The van der Waals surface area contributed by atoms with Crippen LogP contribution < -0.4 is 5.32 Å². The lowest BCUT2D eigenvalue weighted by Crippen LogP contribution is -2.12. The first kappa shape index (κ1) is 13.2. The first-order valence-electron chi connectivity index (χ1n) is 6.72. The van der Waals surface area contributed by atoms with E-state index in [1.165, 1.54) is 0 Å². The first-order valence-corrected chi connectivity index (χ1v) is 7.10. The van der Waals surface area contributed by atoms with Gasteiger partial charge in [-0.15, -0.1) is 0 Å². The Hall–Kier alpha value is -1.84. The van der Waals surface area contributed by atoms with Crippen LogP contribution >= 0.6 is 11.6 Å². The minimum Gasteiger partial charge on any atom is -0.311 e. The molecule has 0 unspecified atom stereocenters. The number of hydrogen-bond donors (Lipinski definition) is 1. The van der Waals surface area contributed by atoms with E-state index in [0.29, 0.717) is 0 Å². The molecule has 3 nitrogen and oxygen atoms in total. The van der Waals surface area contributed by atoms with Crippen molar-refractivity contribution in [2.24, 2.45) is 0 Å². The molecule has 0 saturated carbocycles. The molecule has 0 radical (unpaired) electrons. The van der Waals surface area contributed by atoms with Crippen molar-refractivity contribution in [3.05, 3.63) is 59.4 Å². The van der Waals surface area contributed by atoms with E-state index in [1.54, 1.807) is 0 Å². The van der Waals surface area contributed by atoms with Crippen molar-refractivity contribution >= 4 is 17.1 Å². The van der Waals surface area contributed by atoms with Gasteiger partial charge in [-0.3, -0.25) is 4.40 Å². The maximum atomic E-state index is 5.95. The molecule has 1 N–H and O–H groups in total. The molecule has 3 aromatic rings. The molecule has 0 amide bonds. The number of benzene rings is 1. The van der Waals surface area contributed by atoms with Gasteiger partial charge in [0.05, 0.1) is 11.2 Å². The van der Waals surface area contributed by atoms with Gasteiger partial charge in [0.25, 0.3) is 0 Å². The molecule has 102 valence electrons. The summed E-state index contributed by atoms with van der Waals surface area (Å²) in [6.45, 7) is 3.80. The number of aromatic nitrogens is 2. The predicted octanol–water partition coefficient (Wildman–Crippen LogP) is 3.76. The van der Waals surface area contributed by atoms with Crippen molar-refractivity contribution < 1.29 is 0 Å². The molecular weight excluding hydrogens is 270 g/mol. The average molecular weight is 286 g/mol. The third-order valence-electron chi connectivity index (χ3n) is 3.27. The Morgan fingerprint density at radius 1 is 1.15 bits per heavy atom. The molecule has 0 saturated heterocycles. The predicted molar refractivity (Wildman–Crippen MR) is 83.0 cm³/mol. The van der Waals surface area contributed by atoms with Crippen molar-refractivity contribution in [1.29, 1.82) is 0 Å². The molecule has 0 aliphatic carbocycles. The number of nitrogens with zero attached hydrogens (tertiary/aromatic N) is 2. The normalized spacial score (nSPS) is 11.1. The molecule has 0 bridgehead atoms. The van der Waals surface area contributed by atoms with Crippen LogP contribution in [0.2, 0.25) is 5.02 Å². The third kappa shape index (κ3) is 2.42. The van der Waals surface area contributed by atoms with Crippen LogP contribution in [0.25, 0.3) is 16.9 Å². The number of pyridine rings is 1. The van der Waals surface area contributed by atoms with Crippen molar-refractivity contribution in [2.45, 2.75) is 13.5 Å². The quantitative estimate of drug-likeness (QED) is 0.791. The SMILES string of the molecule is CCNCc1nc(-c2ccc(Cl)cc2)n2ccccc12. The summed E-state index contributed by atoms with van der Waals surface area (Å²) in [5, 5.41) is 4.07. The Bertz CT molecular complexity index is 716. The number of fused-ring (bicyclic) bond motifs is 1. The fourth-order valence-corrected chi connectivity index (χ4v) is 2.40. The third-order valence-corrected chi connectivity index (χ3v) is 3.52. The molecule has 20 heavy (non-hydrogen) atoms. The van der Waals surface area contributed by atoms with Gasteiger partial charge in [-0.2, -0.15) is 0 Å². The Balaban J connectivity index is 2.13. The van der Waals surface area contributed by atoms with Gasteiger partial charge in [0, 0.05) is 23.3 Å². The number of halogens is 1. The maximum absolute atomic E-state index is 5.95. The fourth-order valence-electron chi connectivity index (χ4n) is 2.28. The summed E-state index contributed by atoms with van der Waals surface area (Å²) in [4.78, 5) is 4.78. The van der Waals surface area contributed by atoms with E-state index >= 15 is 0 Å². The highest BCUT2D eigenvalue weighted by molar-refractivity contribution is 6.30. The van der Waals surface area contributed by atoms with Gasteiger partial charge in [0.2, 0.25) is 0 Å². The van der Waals surface area contributed by atoms with Crippen LogP contribution in [0, 0.1) is 0 Å². The van der Waals surface area contributed by atoms with E-state index in [1.807, 2.05) is 42.6 Å². The summed E-state index contributed by atoms with van der Waals surface area (Å²) in [5.41, 5.74) is 3.27. The molecular formula is C16H16ClN3. The largest absolute Gasteiger partial charge is 0.311 e. The molecule has 0 spiro atoms. The molecule has 1 aromatic carbocycles. The van der Waals surface area contributed by atoms with E-state index in [0.717, 1.165) is 40.7 Å². The molecule has 3 rings (SSSR count). The molecule has 2 aromatic heterocycles. The van der Waals surface area contributed by atoms with Gasteiger partial charge in [-0.1, -0.05) is 24.6 Å². The van der Waals surface area contributed by atoms with Crippen LogP contribution in [-0.4, -0.2) is 15.9 Å². The van der Waals surface area contributed by atoms with E-state index in [9.17, 15) is 0 Å². The molecule has 0 aliphatic rings. The lowest BCUT2D eigenvalue weighted by molar-refractivity contribution is 0.718. The Morgan fingerprint density at radius 2 is 1.95 bits per heavy atom. The smallest absolute Gasteiger partial charge is 0.144 e. The fraction of sp³-hybridized carbons (Fsp3) is 0.188. The standard InChI is InChI=1S/C16H16ClN3/c1-2-18-11-14-15-5-3-4-10-20(15)16(19-14)12-6-8-13(17)9-7-12/h3-10,18H,2,11H2,1H3. The minimum atomic E-state index is 0.738. The van der Waals surface area contributed by atoms with Gasteiger partial charge >= 0.3 is 0 Å². The van der Waals surface area contributed by atoms with Crippen LogP contribution in [0.1, 0.15) is 12.6 Å². The molecule has 2 heterocycles. The summed E-state index contributed by atoms with van der Waals surface area (Å²) < 4.78 is 2.12. The Labute approximate surface area is 123 Å². The summed E-state index contributed by atoms with van der Waals surface area (Å²) >= 11 is 5.95. The zero-order chi connectivity index (χ0) is 13.9. The second kappa shape index (κ2) is 5.65. The lowest BCUT2D eigenvalue weighted by atomic mass is 10.2. The number of imidazole rings is 1. The van der Waals surface area contributed by atoms with Gasteiger partial charge in [0.1, 0.15) is 5.82 Å². The Morgan fingerprint density at radius 3 is 2.70 bits per heavy atom. The highest BCUT2D eigenvalue weighted by atomic mass is 35.5. The van der Waals surface area contributed by atoms with E-state index in [2.05, 4.69) is 22.7 Å². The number of nitrogens with one attached hydrogen (secondary N) is 1. The van der Waals surface area contributed by atoms with Crippen LogP contribution in [-0.2, 0) is 6.54 Å². The highest BCUT2D eigenvalue weighted by Gasteiger charge is 2.11. The Kier molecular flexibility index (Phi) is 3.72. The van der Waals surface area contributed by atoms with Gasteiger partial charge in [0.15, 0.2) is 0 Å². The average Bonchev–Trinajstić information content (AvgIpc) is 2.85. The van der Waals surface area contributed by atoms with Crippen LogP contribution in [0.5, 0.6) is 0 Å². The van der Waals surface area contributed by atoms with E-state index in [-0.39, 0.29) is 0 Å². The van der Waals surface area contributed by atoms with Crippen LogP contribution in [0.4, 0.5) is 0 Å². The number of hydrogen-bond acceptors (Lipinski definition) is 2.